The Labute approximate surface area is 145 Å². The molecule has 0 spiro atoms. The Hall–Kier alpha value is -2.28. The van der Waals surface area contributed by atoms with Crippen LogP contribution in [0.2, 0.25) is 0 Å². The number of benzene rings is 2. The minimum atomic E-state index is -0.749. The van der Waals surface area contributed by atoms with Gasteiger partial charge in [-0.2, -0.15) is 0 Å². The van der Waals surface area contributed by atoms with Gasteiger partial charge in [0.2, 0.25) is 0 Å². The van der Waals surface area contributed by atoms with Crippen molar-refractivity contribution in [1.29, 1.82) is 0 Å². The van der Waals surface area contributed by atoms with E-state index in [-0.39, 0.29) is 18.5 Å². The predicted octanol–water partition coefficient (Wildman–Crippen LogP) is 3.13. The standard InChI is InChI=1S/C17H14BrF2NO3/c18-14-4-2-1-3-11(14)7-17(23)24-10-16(22)21-9-12-5-6-13(19)8-15(12)20/h1-6,8H,7,9-10H2,(H,21,22). The maximum Gasteiger partial charge on any atom is 0.310 e. The van der Waals surface area contributed by atoms with Crippen LogP contribution in [0.15, 0.2) is 46.9 Å². The summed E-state index contributed by atoms with van der Waals surface area (Å²) < 4.78 is 31.8. The van der Waals surface area contributed by atoms with E-state index in [1.807, 2.05) is 6.07 Å². The first-order valence-electron chi connectivity index (χ1n) is 7.05. The molecule has 7 heteroatoms. The fraction of sp³-hybridized carbons (Fsp3) is 0.176. The predicted molar refractivity (Wildman–Crippen MR) is 87.0 cm³/mol. The summed E-state index contributed by atoms with van der Waals surface area (Å²) in [5, 5.41) is 2.40. The molecule has 24 heavy (non-hydrogen) atoms. The summed E-state index contributed by atoms with van der Waals surface area (Å²) in [5.41, 5.74) is 0.889. The number of ether oxygens (including phenoxy) is 1. The highest BCUT2D eigenvalue weighted by molar-refractivity contribution is 9.10. The van der Waals surface area contributed by atoms with Crippen molar-refractivity contribution in [3.05, 3.63) is 69.7 Å². The van der Waals surface area contributed by atoms with E-state index < -0.39 is 30.1 Å². The third-order valence-electron chi connectivity index (χ3n) is 3.15. The molecule has 2 rings (SSSR count). The van der Waals surface area contributed by atoms with Crippen molar-refractivity contribution in [1.82, 2.24) is 5.32 Å². The topological polar surface area (TPSA) is 55.4 Å². The zero-order valence-electron chi connectivity index (χ0n) is 12.5. The van der Waals surface area contributed by atoms with E-state index in [2.05, 4.69) is 21.2 Å². The maximum atomic E-state index is 13.4. The molecule has 0 fully saturated rings. The third-order valence-corrected chi connectivity index (χ3v) is 3.92. The fourth-order valence-electron chi connectivity index (χ4n) is 1.90. The van der Waals surface area contributed by atoms with Crippen molar-refractivity contribution in [2.45, 2.75) is 13.0 Å². The molecule has 0 aliphatic heterocycles. The monoisotopic (exact) mass is 397 g/mol. The average molecular weight is 398 g/mol. The normalized spacial score (nSPS) is 10.3. The number of nitrogens with one attached hydrogen (secondary N) is 1. The van der Waals surface area contributed by atoms with Crippen molar-refractivity contribution < 1.29 is 23.1 Å². The Morgan fingerprint density at radius 3 is 2.54 bits per heavy atom. The van der Waals surface area contributed by atoms with Crippen molar-refractivity contribution in [3.63, 3.8) is 0 Å². The molecule has 0 aromatic heterocycles. The summed E-state index contributed by atoms with van der Waals surface area (Å²) in [6.07, 6.45) is 0.0291. The highest BCUT2D eigenvalue weighted by atomic mass is 79.9. The van der Waals surface area contributed by atoms with Crippen LogP contribution in [-0.2, 0) is 27.3 Å². The number of rotatable bonds is 6. The van der Waals surface area contributed by atoms with E-state index in [1.54, 1.807) is 18.2 Å². The minimum Gasteiger partial charge on any atom is -0.455 e. The van der Waals surface area contributed by atoms with Crippen LogP contribution in [-0.4, -0.2) is 18.5 Å². The van der Waals surface area contributed by atoms with Crippen molar-refractivity contribution in [2.24, 2.45) is 0 Å². The molecule has 0 bridgehead atoms. The molecule has 126 valence electrons. The molecule has 1 amide bonds. The second-order valence-corrected chi connectivity index (χ2v) is 5.80. The molecule has 0 heterocycles. The highest BCUT2D eigenvalue weighted by Crippen LogP contribution is 2.16. The van der Waals surface area contributed by atoms with Crippen molar-refractivity contribution in [3.8, 4) is 0 Å². The summed E-state index contributed by atoms with van der Waals surface area (Å²) >= 11 is 3.32. The number of halogens is 3. The van der Waals surface area contributed by atoms with Gasteiger partial charge in [0.1, 0.15) is 11.6 Å². The van der Waals surface area contributed by atoms with Gasteiger partial charge >= 0.3 is 5.97 Å². The third kappa shape index (κ3) is 5.42. The van der Waals surface area contributed by atoms with E-state index >= 15 is 0 Å². The van der Waals surface area contributed by atoms with Gasteiger partial charge in [-0.15, -0.1) is 0 Å². The fourth-order valence-corrected chi connectivity index (χ4v) is 2.33. The van der Waals surface area contributed by atoms with Crippen molar-refractivity contribution >= 4 is 27.8 Å². The van der Waals surface area contributed by atoms with Crippen LogP contribution < -0.4 is 5.32 Å². The average Bonchev–Trinajstić information content (AvgIpc) is 2.54. The smallest absolute Gasteiger partial charge is 0.310 e. The summed E-state index contributed by atoms with van der Waals surface area (Å²) in [6, 6.07) is 10.2. The van der Waals surface area contributed by atoms with Gasteiger partial charge in [-0.05, 0) is 17.7 Å². The Bertz CT molecular complexity index is 752. The van der Waals surface area contributed by atoms with Crippen LogP contribution in [0.25, 0.3) is 0 Å². The van der Waals surface area contributed by atoms with Gasteiger partial charge in [-0.3, -0.25) is 9.59 Å². The lowest BCUT2D eigenvalue weighted by Gasteiger charge is -2.08. The van der Waals surface area contributed by atoms with Gasteiger partial charge in [-0.1, -0.05) is 40.2 Å². The molecule has 2 aromatic carbocycles. The van der Waals surface area contributed by atoms with Crippen LogP contribution in [0.4, 0.5) is 8.78 Å². The molecule has 2 aromatic rings. The second-order valence-electron chi connectivity index (χ2n) is 4.94. The highest BCUT2D eigenvalue weighted by Gasteiger charge is 2.11. The van der Waals surface area contributed by atoms with Crippen LogP contribution in [0.3, 0.4) is 0 Å². The molecule has 0 saturated heterocycles. The quantitative estimate of drug-likeness (QED) is 0.761. The Morgan fingerprint density at radius 1 is 1.08 bits per heavy atom. The maximum absolute atomic E-state index is 13.4. The molecule has 0 atom stereocenters. The molecule has 1 N–H and O–H groups in total. The second kappa shape index (κ2) is 8.54. The minimum absolute atomic E-state index is 0.0291. The molecule has 4 nitrogen and oxygen atoms in total. The summed E-state index contributed by atoms with van der Waals surface area (Å²) in [5.74, 6) is -2.56. The first-order chi connectivity index (χ1) is 11.5. The number of carbonyl (C=O) groups is 2. The lowest BCUT2D eigenvalue weighted by molar-refractivity contribution is -0.147. The molecular formula is C17H14BrF2NO3. The Balaban J connectivity index is 1.76. The summed E-state index contributed by atoms with van der Waals surface area (Å²) in [7, 11) is 0. The van der Waals surface area contributed by atoms with Gasteiger partial charge in [0.25, 0.3) is 5.91 Å². The Morgan fingerprint density at radius 2 is 1.83 bits per heavy atom. The number of hydrogen-bond donors (Lipinski definition) is 1. The molecule has 0 aliphatic rings. The summed E-state index contributed by atoms with van der Waals surface area (Å²) in [4.78, 5) is 23.3. The summed E-state index contributed by atoms with van der Waals surface area (Å²) in [6.45, 7) is -0.584. The Kier molecular flexibility index (Phi) is 6.43. The van der Waals surface area contributed by atoms with E-state index in [1.165, 1.54) is 6.07 Å². The van der Waals surface area contributed by atoms with Gasteiger partial charge in [-0.25, -0.2) is 8.78 Å². The zero-order valence-corrected chi connectivity index (χ0v) is 14.1. The molecule has 0 saturated carbocycles. The number of esters is 1. The van der Waals surface area contributed by atoms with E-state index in [9.17, 15) is 18.4 Å². The van der Waals surface area contributed by atoms with Crippen LogP contribution >= 0.6 is 15.9 Å². The van der Waals surface area contributed by atoms with E-state index in [0.29, 0.717) is 0 Å². The van der Waals surface area contributed by atoms with Crippen LogP contribution in [0, 0.1) is 11.6 Å². The van der Waals surface area contributed by atoms with E-state index in [4.69, 9.17) is 4.74 Å². The first kappa shape index (κ1) is 18.1. The van der Waals surface area contributed by atoms with Crippen LogP contribution in [0.1, 0.15) is 11.1 Å². The largest absolute Gasteiger partial charge is 0.455 e. The lowest BCUT2D eigenvalue weighted by Crippen LogP contribution is -2.29. The number of hydrogen-bond acceptors (Lipinski definition) is 3. The zero-order chi connectivity index (χ0) is 17.5. The molecule has 0 radical (unpaired) electrons. The van der Waals surface area contributed by atoms with Gasteiger partial charge in [0, 0.05) is 22.6 Å². The van der Waals surface area contributed by atoms with Gasteiger partial charge in [0.05, 0.1) is 6.42 Å². The SMILES string of the molecule is O=C(COC(=O)Cc1ccccc1Br)NCc1ccc(F)cc1F. The molecule has 0 aliphatic carbocycles. The first-order valence-corrected chi connectivity index (χ1v) is 7.84. The lowest BCUT2D eigenvalue weighted by atomic mass is 10.1. The number of amides is 1. The molecular weight excluding hydrogens is 384 g/mol. The van der Waals surface area contributed by atoms with Crippen LogP contribution in [0.5, 0.6) is 0 Å². The number of carbonyl (C=O) groups excluding carboxylic acids is 2. The van der Waals surface area contributed by atoms with Gasteiger partial charge in [0.15, 0.2) is 6.61 Å². The van der Waals surface area contributed by atoms with Crippen molar-refractivity contribution in [2.75, 3.05) is 6.61 Å². The molecule has 0 unspecified atom stereocenters. The van der Waals surface area contributed by atoms with Gasteiger partial charge < -0.3 is 10.1 Å². The van der Waals surface area contributed by atoms with E-state index in [0.717, 1.165) is 22.2 Å².